The van der Waals surface area contributed by atoms with Gasteiger partial charge in [0.25, 0.3) is 0 Å². The summed E-state index contributed by atoms with van der Waals surface area (Å²) in [5.74, 6) is -1.22. The molecule has 19 heavy (non-hydrogen) atoms. The first-order valence-electron chi connectivity index (χ1n) is 5.92. The quantitative estimate of drug-likeness (QED) is 0.829. The molecule has 0 amide bonds. The average molecular weight is 333 g/mol. The number of halogens is 2. The SMILES string of the molecule is CN(C)CCN(CC(=O)O)Cc1cccc(F)c1Br. The summed E-state index contributed by atoms with van der Waals surface area (Å²) in [4.78, 5) is 14.6. The van der Waals surface area contributed by atoms with Crippen molar-refractivity contribution in [3.63, 3.8) is 0 Å². The van der Waals surface area contributed by atoms with E-state index in [0.29, 0.717) is 17.6 Å². The smallest absolute Gasteiger partial charge is 0.317 e. The van der Waals surface area contributed by atoms with Crippen LogP contribution >= 0.6 is 15.9 Å². The van der Waals surface area contributed by atoms with Gasteiger partial charge in [-0.25, -0.2) is 4.39 Å². The van der Waals surface area contributed by atoms with Gasteiger partial charge in [-0.1, -0.05) is 12.1 Å². The molecule has 0 bridgehead atoms. The lowest BCUT2D eigenvalue weighted by Crippen LogP contribution is -2.35. The Hall–Kier alpha value is -0.980. The lowest BCUT2D eigenvalue weighted by molar-refractivity contribution is -0.138. The van der Waals surface area contributed by atoms with Crippen molar-refractivity contribution < 1.29 is 14.3 Å². The number of carboxylic acid groups (broad SMARTS) is 1. The molecule has 6 heteroatoms. The van der Waals surface area contributed by atoms with Gasteiger partial charge < -0.3 is 10.0 Å². The fourth-order valence-corrected chi connectivity index (χ4v) is 2.05. The zero-order chi connectivity index (χ0) is 14.4. The summed E-state index contributed by atoms with van der Waals surface area (Å²) in [6, 6.07) is 4.78. The molecule has 1 N–H and O–H groups in total. The van der Waals surface area contributed by atoms with Crippen LogP contribution in [0.1, 0.15) is 5.56 Å². The zero-order valence-electron chi connectivity index (χ0n) is 11.1. The number of carbonyl (C=O) groups is 1. The Morgan fingerprint density at radius 3 is 2.63 bits per heavy atom. The Morgan fingerprint density at radius 2 is 2.05 bits per heavy atom. The largest absolute Gasteiger partial charge is 0.480 e. The van der Waals surface area contributed by atoms with Crippen LogP contribution in [0.3, 0.4) is 0 Å². The second-order valence-electron chi connectivity index (χ2n) is 4.62. The van der Waals surface area contributed by atoms with Crippen molar-refractivity contribution in [2.75, 3.05) is 33.7 Å². The predicted octanol–water partition coefficient (Wildman–Crippen LogP) is 2.04. The molecule has 1 rings (SSSR count). The fraction of sp³-hybridized carbons (Fsp3) is 0.462. The third-order valence-electron chi connectivity index (χ3n) is 2.65. The van der Waals surface area contributed by atoms with Crippen LogP contribution < -0.4 is 0 Å². The van der Waals surface area contributed by atoms with Crippen molar-refractivity contribution in [2.24, 2.45) is 0 Å². The van der Waals surface area contributed by atoms with E-state index in [0.717, 1.165) is 12.1 Å². The highest BCUT2D eigenvalue weighted by atomic mass is 79.9. The standard InChI is InChI=1S/C13H18BrFN2O2/c1-16(2)6-7-17(9-12(18)19)8-10-4-3-5-11(15)13(10)14/h3-5H,6-9H2,1-2H3,(H,18,19). The maximum absolute atomic E-state index is 13.4. The highest BCUT2D eigenvalue weighted by Gasteiger charge is 2.13. The summed E-state index contributed by atoms with van der Waals surface area (Å²) in [7, 11) is 3.86. The maximum atomic E-state index is 13.4. The predicted molar refractivity (Wildman–Crippen MR) is 75.6 cm³/mol. The van der Waals surface area contributed by atoms with Crippen LogP contribution in [0.15, 0.2) is 22.7 Å². The van der Waals surface area contributed by atoms with Crippen molar-refractivity contribution in [1.29, 1.82) is 0 Å². The molecule has 0 aliphatic rings. The number of benzene rings is 1. The normalized spacial score (nSPS) is 11.3. The molecule has 1 aromatic carbocycles. The molecule has 0 spiro atoms. The van der Waals surface area contributed by atoms with Crippen LogP contribution in [-0.2, 0) is 11.3 Å². The van der Waals surface area contributed by atoms with E-state index in [9.17, 15) is 9.18 Å². The molecule has 1 aromatic rings. The first kappa shape index (κ1) is 16.1. The average Bonchev–Trinajstić information content (AvgIpc) is 2.31. The van der Waals surface area contributed by atoms with Gasteiger partial charge in [0.2, 0.25) is 0 Å². The summed E-state index contributed by atoms with van der Waals surface area (Å²) in [5.41, 5.74) is 0.750. The van der Waals surface area contributed by atoms with Crippen LogP contribution in [0.25, 0.3) is 0 Å². The summed E-state index contributed by atoms with van der Waals surface area (Å²) < 4.78 is 13.8. The van der Waals surface area contributed by atoms with Crippen molar-refractivity contribution in [1.82, 2.24) is 9.80 Å². The van der Waals surface area contributed by atoms with Crippen molar-refractivity contribution in [3.8, 4) is 0 Å². The van der Waals surface area contributed by atoms with E-state index in [2.05, 4.69) is 15.9 Å². The van der Waals surface area contributed by atoms with Crippen LogP contribution in [0, 0.1) is 5.82 Å². The number of aliphatic carboxylic acids is 1. The molecule has 0 radical (unpaired) electrons. The lowest BCUT2D eigenvalue weighted by Gasteiger charge is -2.23. The number of hydrogen-bond acceptors (Lipinski definition) is 3. The first-order chi connectivity index (χ1) is 8.90. The second-order valence-corrected chi connectivity index (χ2v) is 5.41. The summed E-state index contributed by atoms with van der Waals surface area (Å²) in [5, 5.41) is 8.91. The molecule has 0 aliphatic heterocycles. The van der Waals surface area contributed by atoms with Gasteiger partial charge in [-0.2, -0.15) is 0 Å². The fourth-order valence-electron chi connectivity index (χ4n) is 1.66. The molecule has 0 saturated heterocycles. The highest BCUT2D eigenvalue weighted by Crippen LogP contribution is 2.21. The molecule has 0 fully saturated rings. The Kier molecular flexibility index (Phi) is 6.41. The topological polar surface area (TPSA) is 43.8 Å². The van der Waals surface area contributed by atoms with Crippen LogP contribution in [0.5, 0.6) is 0 Å². The minimum Gasteiger partial charge on any atom is -0.480 e. The van der Waals surface area contributed by atoms with E-state index in [-0.39, 0.29) is 12.4 Å². The molecule has 0 heterocycles. The maximum Gasteiger partial charge on any atom is 0.317 e. The Bertz CT molecular complexity index is 441. The van der Waals surface area contributed by atoms with E-state index in [1.807, 2.05) is 19.0 Å². The highest BCUT2D eigenvalue weighted by molar-refractivity contribution is 9.10. The minimum atomic E-state index is -0.883. The van der Waals surface area contributed by atoms with E-state index in [1.165, 1.54) is 6.07 Å². The van der Waals surface area contributed by atoms with Crippen LogP contribution in [0.4, 0.5) is 4.39 Å². The molecule has 0 atom stereocenters. The van der Waals surface area contributed by atoms with Gasteiger partial charge >= 0.3 is 5.97 Å². The monoisotopic (exact) mass is 332 g/mol. The number of carboxylic acids is 1. The number of nitrogens with zero attached hydrogens (tertiary/aromatic N) is 2. The zero-order valence-corrected chi connectivity index (χ0v) is 12.7. The first-order valence-corrected chi connectivity index (χ1v) is 6.71. The molecule has 0 aromatic heterocycles. The summed E-state index contributed by atoms with van der Waals surface area (Å²) in [6.45, 7) is 1.71. The van der Waals surface area contributed by atoms with Crippen LogP contribution in [-0.4, -0.2) is 54.6 Å². The Balaban J connectivity index is 2.75. The van der Waals surface area contributed by atoms with Gasteiger partial charge in [-0.3, -0.25) is 9.69 Å². The number of hydrogen-bond donors (Lipinski definition) is 1. The number of rotatable bonds is 7. The molecule has 0 aliphatic carbocycles. The summed E-state index contributed by atoms with van der Waals surface area (Å²) in [6.07, 6.45) is 0. The molecular formula is C13H18BrFN2O2. The molecule has 4 nitrogen and oxygen atoms in total. The van der Waals surface area contributed by atoms with Crippen molar-refractivity contribution >= 4 is 21.9 Å². The van der Waals surface area contributed by atoms with E-state index >= 15 is 0 Å². The van der Waals surface area contributed by atoms with Crippen LogP contribution in [0.2, 0.25) is 0 Å². The van der Waals surface area contributed by atoms with Gasteiger partial charge in [-0.05, 0) is 41.7 Å². The third-order valence-corrected chi connectivity index (χ3v) is 3.54. The van der Waals surface area contributed by atoms with Crippen molar-refractivity contribution in [2.45, 2.75) is 6.54 Å². The van der Waals surface area contributed by atoms with Gasteiger partial charge in [-0.15, -0.1) is 0 Å². The minimum absolute atomic E-state index is 0.0587. The van der Waals surface area contributed by atoms with Gasteiger partial charge in [0.1, 0.15) is 5.82 Å². The Morgan fingerprint density at radius 1 is 1.37 bits per heavy atom. The summed E-state index contributed by atoms with van der Waals surface area (Å²) >= 11 is 3.20. The molecule has 106 valence electrons. The second kappa shape index (κ2) is 7.57. The van der Waals surface area contributed by atoms with Gasteiger partial charge in [0.05, 0.1) is 11.0 Å². The van der Waals surface area contributed by atoms with E-state index in [4.69, 9.17) is 5.11 Å². The third kappa shape index (κ3) is 5.67. The molecular weight excluding hydrogens is 315 g/mol. The van der Waals surface area contributed by atoms with Crippen molar-refractivity contribution in [3.05, 3.63) is 34.1 Å². The molecule has 0 unspecified atom stereocenters. The van der Waals surface area contributed by atoms with E-state index < -0.39 is 5.97 Å². The number of likely N-dealkylation sites (N-methyl/N-ethyl adjacent to an activating group) is 1. The lowest BCUT2D eigenvalue weighted by atomic mass is 10.2. The van der Waals surface area contributed by atoms with Gasteiger partial charge in [0.15, 0.2) is 0 Å². The molecule has 0 saturated carbocycles. The Labute approximate surface area is 120 Å². The van der Waals surface area contributed by atoms with Gasteiger partial charge in [0, 0.05) is 19.6 Å². The van der Waals surface area contributed by atoms with E-state index in [1.54, 1.807) is 17.0 Å².